The minimum Gasteiger partial charge on any atom is -0.375 e. The van der Waals surface area contributed by atoms with E-state index in [1.165, 1.54) is 12.8 Å². The summed E-state index contributed by atoms with van der Waals surface area (Å²) < 4.78 is 6.18. The number of aromatic amines is 1. The van der Waals surface area contributed by atoms with E-state index in [1.807, 2.05) is 16.0 Å². The lowest BCUT2D eigenvalue weighted by molar-refractivity contribution is -0.132. The average molecular weight is 390 g/mol. The first-order valence-corrected chi connectivity index (χ1v) is 10.5. The van der Waals surface area contributed by atoms with Crippen molar-refractivity contribution in [1.82, 2.24) is 24.7 Å². The van der Waals surface area contributed by atoms with Crippen LogP contribution in [0.3, 0.4) is 0 Å². The quantitative estimate of drug-likeness (QED) is 0.678. The third kappa shape index (κ3) is 5.32. The van der Waals surface area contributed by atoms with Crippen molar-refractivity contribution in [3.63, 3.8) is 0 Å². The van der Waals surface area contributed by atoms with Crippen molar-refractivity contribution in [2.24, 2.45) is 5.92 Å². The third-order valence-corrected chi connectivity index (χ3v) is 5.82. The number of rotatable bonds is 9. The second-order valence-corrected chi connectivity index (χ2v) is 8.28. The standard InChI is InChI=1S/C20H31N5O3/c26-19-3-1-8-24(19)9-2-10-25-12-17(28-15-16-4-5-16)11-23(14-20(25)27)13-18-21-6-7-22-18/h6-7,16-17H,1-5,8-15H2,(H,21,22). The number of amides is 2. The van der Waals surface area contributed by atoms with E-state index < -0.39 is 0 Å². The molecule has 3 aliphatic rings. The Labute approximate surface area is 166 Å². The predicted octanol–water partition coefficient (Wildman–Crippen LogP) is 0.862. The van der Waals surface area contributed by atoms with Gasteiger partial charge in [0.05, 0.1) is 19.2 Å². The molecule has 2 saturated heterocycles. The van der Waals surface area contributed by atoms with Crippen LogP contribution in [0.15, 0.2) is 12.4 Å². The van der Waals surface area contributed by atoms with Gasteiger partial charge in [0.1, 0.15) is 5.82 Å². The number of H-pyrrole nitrogens is 1. The van der Waals surface area contributed by atoms with Crippen molar-refractivity contribution in [2.45, 2.75) is 44.8 Å². The molecule has 1 N–H and O–H groups in total. The largest absolute Gasteiger partial charge is 0.375 e. The Bertz CT molecular complexity index is 661. The zero-order valence-electron chi connectivity index (χ0n) is 16.5. The number of hydrogen-bond donors (Lipinski definition) is 1. The Morgan fingerprint density at radius 2 is 2.00 bits per heavy atom. The number of hydrogen-bond acceptors (Lipinski definition) is 5. The molecule has 0 aromatic carbocycles. The zero-order valence-corrected chi connectivity index (χ0v) is 16.5. The van der Waals surface area contributed by atoms with E-state index in [4.69, 9.17) is 4.74 Å². The molecular formula is C20H31N5O3. The van der Waals surface area contributed by atoms with Crippen LogP contribution in [0.25, 0.3) is 0 Å². The molecule has 28 heavy (non-hydrogen) atoms. The number of imidazole rings is 1. The molecule has 1 unspecified atom stereocenters. The zero-order chi connectivity index (χ0) is 19.3. The Morgan fingerprint density at radius 3 is 2.71 bits per heavy atom. The molecule has 8 nitrogen and oxygen atoms in total. The van der Waals surface area contributed by atoms with Crippen molar-refractivity contribution in [3.8, 4) is 0 Å². The highest BCUT2D eigenvalue weighted by molar-refractivity contribution is 5.79. The van der Waals surface area contributed by atoms with Gasteiger partial charge >= 0.3 is 0 Å². The van der Waals surface area contributed by atoms with Crippen LogP contribution in [0.1, 0.15) is 37.9 Å². The molecule has 1 aliphatic carbocycles. The number of likely N-dealkylation sites (tertiary alicyclic amines) is 1. The maximum Gasteiger partial charge on any atom is 0.236 e. The second-order valence-electron chi connectivity index (χ2n) is 8.28. The highest BCUT2D eigenvalue weighted by Crippen LogP contribution is 2.29. The second kappa shape index (κ2) is 9.05. The number of carbonyl (C=O) groups is 2. The van der Waals surface area contributed by atoms with Crippen LogP contribution in [-0.4, -0.2) is 88.5 Å². The summed E-state index contributed by atoms with van der Waals surface area (Å²) in [5.74, 6) is 1.95. The summed E-state index contributed by atoms with van der Waals surface area (Å²) in [4.78, 5) is 38.0. The van der Waals surface area contributed by atoms with Crippen LogP contribution in [0.4, 0.5) is 0 Å². The average Bonchev–Trinajstić information content (AvgIpc) is 3.25. The van der Waals surface area contributed by atoms with E-state index in [0.29, 0.717) is 38.5 Å². The molecule has 3 fully saturated rings. The lowest BCUT2D eigenvalue weighted by Crippen LogP contribution is -2.40. The molecule has 8 heteroatoms. The first-order chi connectivity index (χ1) is 13.7. The summed E-state index contributed by atoms with van der Waals surface area (Å²) in [6.45, 7) is 5.45. The van der Waals surface area contributed by atoms with E-state index >= 15 is 0 Å². The number of aromatic nitrogens is 2. The summed E-state index contributed by atoms with van der Waals surface area (Å²) in [6, 6.07) is 0. The molecule has 154 valence electrons. The molecule has 1 atom stereocenters. The fraction of sp³-hybridized carbons (Fsp3) is 0.750. The fourth-order valence-electron chi connectivity index (χ4n) is 4.04. The van der Waals surface area contributed by atoms with Gasteiger partial charge in [-0.05, 0) is 31.6 Å². The van der Waals surface area contributed by atoms with Gasteiger partial charge in [0.25, 0.3) is 0 Å². The maximum atomic E-state index is 12.9. The lowest BCUT2D eigenvalue weighted by Gasteiger charge is -2.25. The van der Waals surface area contributed by atoms with Crippen molar-refractivity contribution in [3.05, 3.63) is 18.2 Å². The van der Waals surface area contributed by atoms with E-state index in [0.717, 1.165) is 44.9 Å². The lowest BCUT2D eigenvalue weighted by atomic mass is 10.3. The summed E-state index contributed by atoms with van der Waals surface area (Å²) in [5.41, 5.74) is 0. The van der Waals surface area contributed by atoms with Crippen molar-refractivity contribution in [1.29, 1.82) is 0 Å². The molecular weight excluding hydrogens is 358 g/mol. The normalized spacial score (nSPS) is 24.2. The summed E-state index contributed by atoms with van der Waals surface area (Å²) in [7, 11) is 0. The van der Waals surface area contributed by atoms with Crippen LogP contribution < -0.4 is 0 Å². The van der Waals surface area contributed by atoms with Gasteiger partial charge in [-0.2, -0.15) is 0 Å². The van der Waals surface area contributed by atoms with Gasteiger partial charge < -0.3 is 19.5 Å². The monoisotopic (exact) mass is 389 g/mol. The van der Waals surface area contributed by atoms with Gasteiger partial charge in [-0.15, -0.1) is 0 Å². The Hall–Kier alpha value is -1.93. The Balaban J connectivity index is 1.33. The smallest absolute Gasteiger partial charge is 0.236 e. The SMILES string of the molecule is O=C1CCCN1CCCN1CC(OCC2CC2)CN(Cc2ncc[nH]2)CC1=O. The molecule has 2 amide bonds. The number of carbonyl (C=O) groups excluding carboxylic acids is 2. The van der Waals surface area contributed by atoms with Gasteiger partial charge in [-0.25, -0.2) is 4.98 Å². The first-order valence-electron chi connectivity index (χ1n) is 10.5. The summed E-state index contributed by atoms with van der Waals surface area (Å²) >= 11 is 0. The van der Waals surface area contributed by atoms with Crippen LogP contribution in [0, 0.1) is 5.92 Å². The van der Waals surface area contributed by atoms with Gasteiger partial charge in [0, 0.05) is 58.1 Å². The minimum absolute atomic E-state index is 0.0235. The van der Waals surface area contributed by atoms with Gasteiger partial charge in [-0.1, -0.05) is 0 Å². The van der Waals surface area contributed by atoms with E-state index in [2.05, 4.69) is 14.9 Å². The van der Waals surface area contributed by atoms with Crippen LogP contribution >= 0.6 is 0 Å². The number of nitrogens with one attached hydrogen (secondary N) is 1. The molecule has 1 saturated carbocycles. The van der Waals surface area contributed by atoms with Gasteiger partial charge in [-0.3, -0.25) is 14.5 Å². The highest BCUT2D eigenvalue weighted by atomic mass is 16.5. The van der Waals surface area contributed by atoms with Crippen molar-refractivity contribution >= 4 is 11.8 Å². The minimum atomic E-state index is 0.0235. The third-order valence-electron chi connectivity index (χ3n) is 5.82. The Kier molecular flexibility index (Phi) is 6.26. The van der Waals surface area contributed by atoms with E-state index in [9.17, 15) is 9.59 Å². The van der Waals surface area contributed by atoms with Crippen molar-refractivity contribution in [2.75, 3.05) is 45.9 Å². The van der Waals surface area contributed by atoms with Crippen LogP contribution in [0.5, 0.6) is 0 Å². The molecule has 0 radical (unpaired) electrons. The van der Waals surface area contributed by atoms with E-state index in [-0.39, 0.29) is 17.9 Å². The fourth-order valence-corrected chi connectivity index (χ4v) is 4.04. The molecule has 1 aromatic heterocycles. The summed E-state index contributed by atoms with van der Waals surface area (Å²) in [5, 5.41) is 0. The highest BCUT2D eigenvalue weighted by Gasteiger charge is 2.31. The Morgan fingerprint density at radius 1 is 1.14 bits per heavy atom. The van der Waals surface area contributed by atoms with Gasteiger partial charge in [0.15, 0.2) is 0 Å². The molecule has 1 aromatic rings. The van der Waals surface area contributed by atoms with Gasteiger partial charge in [0.2, 0.25) is 11.8 Å². The van der Waals surface area contributed by atoms with E-state index in [1.54, 1.807) is 6.20 Å². The molecule has 4 rings (SSSR count). The predicted molar refractivity (Wildman–Crippen MR) is 103 cm³/mol. The maximum absolute atomic E-state index is 12.9. The van der Waals surface area contributed by atoms with Crippen LogP contribution in [0.2, 0.25) is 0 Å². The molecule has 0 bridgehead atoms. The number of ether oxygens (including phenoxy) is 1. The molecule has 0 spiro atoms. The topological polar surface area (TPSA) is 81.8 Å². The number of nitrogens with zero attached hydrogens (tertiary/aromatic N) is 4. The van der Waals surface area contributed by atoms with Crippen molar-refractivity contribution < 1.29 is 14.3 Å². The van der Waals surface area contributed by atoms with Crippen LogP contribution in [-0.2, 0) is 20.9 Å². The summed E-state index contributed by atoms with van der Waals surface area (Å²) in [6.07, 6.45) is 8.54. The molecule has 2 aliphatic heterocycles. The first kappa shape index (κ1) is 19.4. The molecule has 3 heterocycles.